The molecule has 0 spiro atoms. The molecule has 0 unspecified atom stereocenters. The van der Waals surface area contributed by atoms with Crippen LogP contribution in [0.15, 0.2) is 48.5 Å². The van der Waals surface area contributed by atoms with E-state index >= 15 is 0 Å². The first-order chi connectivity index (χ1) is 14.0. The second-order valence-corrected chi connectivity index (χ2v) is 8.07. The molecule has 1 saturated heterocycles. The quantitative estimate of drug-likeness (QED) is 0.746. The van der Waals surface area contributed by atoms with Gasteiger partial charge in [0, 0.05) is 45.3 Å². The van der Waals surface area contributed by atoms with Gasteiger partial charge in [-0.05, 0) is 49.6 Å². The summed E-state index contributed by atoms with van der Waals surface area (Å²) in [6.45, 7) is 12.3. The number of aryl methyl sites for hydroxylation is 2. The number of piperazine rings is 1. The molecular weight excluding hydrogens is 362 g/mol. The summed E-state index contributed by atoms with van der Waals surface area (Å²) in [7, 11) is 0. The van der Waals surface area contributed by atoms with Gasteiger partial charge in [0.1, 0.15) is 5.75 Å². The van der Waals surface area contributed by atoms with Gasteiger partial charge in [0.25, 0.3) is 5.91 Å². The number of benzene rings is 2. The smallest absolute Gasteiger partial charge is 0.258 e. The third-order valence-corrected chi connectivity index (χ3v) is 5.50. The van der Waals surface area contributed by atoms with Gasteiger partial charge < -0.3 is 10.1 Å². The maximum absolute atomic E-state index is 12.2. The fourth-order valence-corrected chi connectivity index (χ4v) is 3.67. The zero-order chi connectivity index (χ0) is 20.6. The van der Waals surface area contributed by atoms with Gasteiger partial charge in [0.05, 0.1) is 0 Å². The van der Waals surface area contributed by atoms with E-state index in [1.54, 1.807) is 0 Å². The van der Waals surface area contributed by atoms with Crippen LogP contribution >= 0.6 is 0 Å². The van der Waals surface area contributed by atoms with E-state index in [-0.39, 0.29) is 18.6 Å². The van der Waals surface area contributed by atoms with Gasteiger partial charge in [-0.2, -0.15) is 0 Å². The first-order valence-corrected chi connectivity index (χ1v) is 10.5. The van der Waals surface area contributed by atoms with E-state index in [0.717, 1.165) is 45.0 Å². The summed E-state index contributed by atoms with van der Waals surface area (Å²) >= 11 is 0. The molecule has 5 nitrogen and oxygen atoms in total. The predicted octanol–water partition coefficient (Wildman–Crippen LogP) is 3.00. The normalized spacial score (nSPS) is 16.4. The minimum absolute atomic E-state index is 0.0533. The Labute approximate surface area is 174 Å². The minimum Gasteiger partial charge on any atom is -0.484 e. The number of ether oxygens (including phenoxy) is 1. The first-order valence-electron chi connectivity index (χ1n) is 10.5. The van der Waals surface area contributed by atoms with Crippen LogP contribution in [0.1, 0.15) is 23.6 Å². The molecule has 2 aromatic carbocycles. The Kier molecular flexibility index (Phi) is 7.67. The van der Waals surface area contributed by atoms with E-state index in [4.69, 9.17) is 4.74 Å². The van der Waals surface area contributed by atoms with Crippen molar-refractivity contribution in [3.8, 4) is 5.75 Å². The molecule has 5 heteroatoms. The SMILES string of the molecule is Cc1ccc(OCC(=O)N[C@@H](C)CN2CCN(Cc3ccccc3)CC2)cc1C. The molecule has 1 atom stereocenters. The average Bonchev–Trinajstić information content (AvgIpc) is 2.71. The maximum Gasteiger partial charge on any atom is 0.258 e. The molecule has 0 aliphatic carbocycles. The van der Waals surface area contributed by atoms with Gasteiger partial charge >= 0.3 is 0 Å². The van der Waals surface area contributed by atoms with E-state index < -0.39 is 0 Å². The second kappa shape index (κ2) is 10.4. The van der Waals surface area contributed by atoms with Gasteiger partial charge in [-0.3, -0.25) is 14.6 Å². The van der Waals surface area contributed by atoms with Crippen LogP contribution in [0.5, 0.6) is 5.75 Å². The van der Waals surface area contributed by atoms with Gasteiger partial charge in [0.15, 0.2) is 6.61 Å². The van der Waals surface area contributed by atoms with Gasteiger partial charge in [0.2, 0.25) is 0 Å². The lowest BCUT2D eigenvalue weighted by Gasteiger charge is -2.36. The van der Waals surface area contributed by atoms with Crippen molar-refractivity contribution in [2.24, 2.45) is 0 Å². The lowest BCUT2D eigenvalue weighted by Crippen LogP contribution is -2.50. The number of nitrogens with zero attached hydrogens (tertiary/aromatic N) is 2. The van der Waals surface area contributed by atoms with Crippen LogP contribution in [0.25, 0.3) is 0 Å². The van der Waals surface area contributed by atoms with Crippen LogP contribution < -0.4 is 10.1 Å². The summed E-state index contributed by atoms with van der Waals surface area (Å²) in [5.74, 6) is 0.670. The molecule has 29 heavy (non-hydrogen) atoms. The van der Waals surface area contributed by atoms with Crippen LogP contribution in [0, 0.1) is 13.8 Å². The molecule has 156 valence electrons. The van der Waals surface area contributed by atoms with Crippen LogP contribution in [-0.2, 0) is 11.3 Å². The van der Waals surface area contributed by atoms with E-state index in [0.29, 0.717) is 0 Å². The maximum atomic E-state index is 12.2. The van der Waals surface area contributed by atoms with Crippen LogP contribution in [0.3, 0.4) is 0 Å². The summed E-state index contributed by atoms with van der Waals surface area (Å²) in [6, 6.07) is 16.6. The summed E-state index contributed by atoms with van der Waals surface area (Å²) < 4.78 is 5.63. The van der Waals surface area contributed by atoms with E-state index in [2.05, 4.69) is 59.3 Å². The van der Waals surface area contributed by atoms with Crippen molar-refractivity contribution in [3.05, 3.63) is 65.2 Å². The van der Waals surface area contributed by atoms with Crippen molar-refractivity contribution in [2.75, 3.05) is 39.3 Å². The Morgan fingerprint density at radius 1 is 1.00 bits per heavy atom. The molecule has 0 saturated carbocycles. The van der Waals surface area contributed by atoms with E-state index in [9.17, 15) is 4.79 Å². The highest BCUT2D eigenvalue weighted by molar-refractivity contribution is 5.77. The zero-order valence-electron chi connectivity index (χ0n) is 17.9. The number of carbonyl (C=O) groups is 1. The standard InChI is InChI=1S/C24H33N3O2/c1-19-9-10-23(15-20(19)2)29-18-24(28)25-21(3)16-26-11-13-27(14-12-26)17-22-7-5-4-6-8-22/h4-10,15,21H,11-14,16-18H2,1-3H3,(H,25,28)/t21-/m0/s1. The fraction of sp³-hybridized carbons (Fsp3) is 0.458. The molecule has 1 amide bonds. The Balaban J connectivity index is 1.34. The van der Waals surface area contributed by atoms with Crippen molar-refractivity contribution in [2.45, 2.75) is 33.4 Å². The van der Waals surface area contributed by atoms with Crippen LogP contribution in [0.4, 0.5) is 0 Å². The lowest BCUT2D eigenvalue weighted by molar-refractivity contribution is -0.123. The van der Waals surface area contributed by atoms with Crippen molar-refractivity contribution >= 4 is 5.91 Å². The molecule has 2 aromatic rings. The minimum atomic E-state index is -0.0709. The lowest BCUT2D eigenvalue weighted by atomic mass is 10.1. The highest BCUT2D eigenvalue weighted by Gasteiger charge is 2.19. The third kappa shape index (κ3) is 6.87. The molecule has 1 heterocycles. The molecular formula is C24H33N3O2. The molecule has 0 bridgehead atoms. The largest absolute Gasteiger partial charge is 0.484 e. The summed E-state index contributed by atoms with van der Waals surface area (Å²) in [4.78, 5) is 17.1. The summed E-state index contributed by atoms with van der Waals surface area (Å²) in [5.41, 5.74) is 3.76. The van der Waals surface area contributed by atoms with Gasteiger partial charge in [-0.25, -0.2) is 0 Å². The van der Waals surface area contributed by atoms with Crippen molar-refractivity contribution < 1.29 is 9.53 Å². The van der Waals surface area contributed by atoms with E-state index in [1.165, 1.54) is 16.7 Å². The third-order valence-electron chi connectivity index (χ3n) is 5.50. The summed E-state index contributed by atoms with van der Waals surface area (Å²) in [6.07, 6.45) is 0. The Morgan fingerprint density at radius 3 is 2.38 bits per heavy atom. The van der Waals surface area contributed by atoms with Gasteiger partial charge in [-0.15, -0.1) is 0 Å². The molecule has 0 aromatic heterocycles. The first kappa shape index (κ1) is 21.3. The molecule has 1 fully saturated rings. The monoisotopic (exact) mass is 395 g/mol. The predicted molar refractivity (Wildman–Crippen MR) is 117 cm³/mol. The zero-order valence-corrected chi connectivity index (χ0v) is 17.9. The Bertz CT molecular complexity index is 786. The number of nitrogens with one attached hydrogen (secondary N) is 1. The molecule has 1 aliphatic rings. The molecule has 0 radical (unpaired) electrons. The average molecular weight is 396 g/mol. The van der Waals surface area contributed by atoms with Crippen LogP contribution in [0.2, 0.25) is 0 Å². The second-order valence-electron chi connectivity index (χ2n) is 8.07. The Morgan fingerprint density at radius 2 is 1.69 bits per heavy atom. The van der Waals surface area contributed by atoms with Crippen molar-refractivity contribution in [1.29, 1.82) is 0 Å². The molecule has 1 N–H and O–H groups in total. The molecule has 3 rings (SSSR count). The number of rotatable bonds is 8. The van der Waals surface area contributed by atoms with Crippen molar-refractivity contribution in [3.63, 3.8) is 0 Å². The number of hydrogen-bond acceptors (Lipinski definition) is 4. The summed E-state index contributed by atoms with van der Waals surface area (Å²) in [5, 5.41) is 3.06. The van der Waals surface area contributed by atoms with Crippen molar-refractivity contribution in [1.82, 2.24) is 15.1 Å². The number of hydrogen-bond donors (Lipinski definition) is 1. The Hall–Kier alpha value is -2.37. The van der Waals surface area contributed by atoms with E-state index in [1.807, 2.05) is 25.1 Å². The fourth-order valence-electron chi connectivity index (χ4n) is 3.67. The van der Waals surface area contributed by atoms with Crippen LogP contribution in [-0.4, -0.2) is 61.1 Å². The molecule has 1 aliphatic heterocycles. The van der Waals surface area contributed by atoms with Gasteiger partial charge in [-0.1, -0.05) is 36.4 Å². The highest BCUT2D eigenvalue weighted by Crippen LogP contribution is 2.16. The number of carbonyl (C=O) groups excluding carboxylic acids is 1. The topological polar surface area (TPSA) is 44.8 Å². The number of amides is 1. The highest BCUT2D eigenvalue weighted by atomic mass is 16.5.